The molecular formula is C8H18O6S. The van der Waals surface area contributed by atoms with E-state index in [1.807, 2.05) is 6.92 Å². The van der Waals surface area contributed by atoms with Crippen molar-refractivity contribution in [3.63, 3.8) is 0 Å². The minimum Gasteiger partial charge on any atom is -0.380 e. The van der Waals surface area contributed by atoms with Crippen LogP contribution in [0, 0.1) is 0 Å². The third kappa shape index (κ3) is 10.1. The minimum atomic E-state index is -3.47. The van der Waals surface area contributed by atoms with Crippen LogP contribution >= 0.6 is 0 Å². The molecule has 6 nitrogen and oxygen atoms in total. The van der Waals surface area contributed by atoms with Crippen molar-refractivity contribution < 1.29 is 27.7 Å². The van der Waals surface area contributed by atoms with Crippen LogP contribution in [-0.4, -0.2) is 58.4 Å². The van der Waals surface area contributed by atoms with Gasteiger partial charge in [-0.25, -0.2) is 8.42 Å². The maximum absolute atomic E-state index is 10.7. The highest BCUT2D eigenvalue weighted by molar-refractivity contribution is 7.91. The molecule has 0 rings (SSSR count). The Bertz CT molecular complexity index is 225. The van der Waals surface area contributed by atoms with Crippen molar-refractivity contribution in [2.75, 3.05) is 44.9 Å². The fraction of sp³-hybridized carbons (Fsp3) is 1.00. The van der Waals surface area contributed by atoms with Gasteiger partial charge in [0, 0.05) is 6.61 Å². The summed E-state index contributed by atoms with van der Waals surface area (Å²) >= 11 is 0. The SMILES string of the molecule is CCOCCOCCOCS(=O)(=O)CO. The molecule has 0 saturated heterocycles. The largest absolute Gasteiger partial charge is 0.380 e. The maximum atomic E-state index is 10.7. The summed E-state index contributed by atoms with van der Waals surface area (Å²) in [5.74, 6) is -1.36. The third-order valence-corrected chi connectivity index (χ3v) is 2.33. The molecule has 0 spiro atoms. The van der Waals surface area contributed by atoms with Gasteiger partial charge in [-0.05, 0) is 6.92 Å². The van der Waals surface area contributed by atoms with E-state index in [1.165, 1.54) is 0 Å². The van der Waals surface area contributed by atoms with Gasteiger partial charge >= 0.3 is 0 Å². The summed E-state index contributed by atoms with van der Waals surface area (Å²) in [5, 5.41) is 8.38. The second-order valence-electron chi connectivity index (χ2n) is 2.71. The molecule has 0 aliphatic rings. The second kappa shape index (κ2) is 9.05. The van der Waals surface area contributed by atoms with E-state index in [4.69, 9.17) is 19.3 Å². The number of ether oxygens (including phenoxy) is 3. The zero-order valence-electron chi connectivity index (χ0n) is 8.85. The van der Waals surface area contributed by atoms with Crippen LogP contribution in [0.25, 0.3) is 0 Å². The summed E-state index contributed by atoms with van der Waals surface area (Å²) in [7, 11) is -3.47. The Morgan fingerprint density at radius 3 is 2.07 bits per heavy atom. The van der Waals surface area contributed by atoms with Crippen molar-refractivity contribution in [2.45, 2.75) is 6.92 Å². The van der Waals surface area contributed by atoms with Crippen molar-refractivity contribution >= 4 is 9.84 Å². The van der Waals surface area contributed by atoms with Gasteiger partial charge in [0.05, 0.1) is 26.4 Å². The molecule has 0 aromatic rings. The van der Waals surface area contributed by atoms with Gasteiger partial charge in [0.15, 0.2) is 15.8 Å². The van der Waals surface area contributed by atoms with Crippen LogP contribution in [0.5, 0.6) is 0 Å². The predicted molar refractivity (Wildman–Crippen MR) is 54.1 cm³/mol. The molecule has 0 unspecified atom stereocenters. The summed E-state index contributed by atoms with van der Waals surface area (Å²) in [6, 6.07) is 0. The van der Waals surface area contributed by atoms with E-state index in [1.54, 1.807) is 0 Å². The van der Waals surface area contributed by atoms with Gasteiger partial charge in [-0.2, -0.15) is 0 Å². The Hall–Kier alpha value is -0.210. The Morgan fingerprint density at radius 2 is 1.53 bits per heavy atom. The number of rotatable bonds is 10. The maximum Gasteiger partial charge on any atom is 0.197 e. The van der Waals surface area contributed by atoms with Crippen LogP contribution in [0.2, 0.25) is 0 Å². The summed E-state index contributed by atoms with van der Waals surface area (Å²) in [4.78, 5) is 0. The molecule has 0 amide bonds. The first-order valence-corrected chi connectivity index (χ1v) is 6.49. The molecular weight excluding hydrogens is 224 g/mol. The van der Waals surface area contributed by atoms with Crippen LogP contribution in [0.4, 0.5) is 0 Å². The van der Waals surface area contributed by atoms with Crippen molar-refractivity contribution in [3.05, 3.63) is 0 Å². The fourth-order valence-electron chi connectivity index (χ4n) is 0.705. The van der Waals surface area contributed by atoms with E-state index < -0.39 is 21.7 Å². The fourth-order valence-corrected chi connectivity index (χ4v) is 1.15. The van der Waals surface area contributed by atoms with Crippen molar-refractivity contribution in [3.8, 4) is 0 Å². The summed E-state index contributed by atoms with van der Waals surface area (Å²) in [6.45, 7) is 4.02. The van der Waals surface area contributed by atoms with Crippen molar-refractivity contribution in [1.29, 1.82) is 0 Å². The molecule has 92 valence electrons. The van der Waals surface area contributed by atoms with E-state index in [2.05, 4.69) is 0 Å². The standard InChI is InChI=1S/C8H18O6S/c1-2-12-3-4-13-5-6-14-8-15(10,11)7-9/h9H,2-8H2,1H3. The van der Waals surface area contributed by atoms with Crippen LogP contribution in [0.3, 0.4) is 0 Å². The van der Waals surface area contributed by atoms with Crippen LogP contribution in [0.1, 0.15) is 6.92 Å². The average molecular weight is 242 g/mol. The Labute approximate surface area is 90.1 Å². The first kappa shape index (κ1) is 14.8. The number of aliphatic hydroxyl groups excluding tert-OH is 1. The molecule has 0 aliphatic heterocycles. The molecule has 0 aromatic carbocycles. The van der Waals surface area contributed by atoms with Crippen LogP contribution in [-0.2, 0) is 24.0 Å². The molecule has 7 heteroatoms. The lowest BCUT2D eigenvalue weighted by Crippen LogP contribution is -2.16. The molecule has 0 saturated carbocycles. The molecule has 0 radical (unpaired) electrons. The van der Waals surface area contributed by atoms with E-state index in [9.17, 15) is 8.42 Å². The lowest BCUT2D eigenvalue weighted by Gasteiger charge is -2.05. The van der Waals surface area contributed by atoms with E-state index in [0.29, 0.717) is 26.4 Å². The molecule has 0 fully saturated rings. The smallest absolute Gasteiger partial charge is 0.197 e. The molecule has 0 atom stereocenters. The second-order valence-corrected chi connectivity index (χ2v) is 4.69. The third-order valence-electron chi connectivity index (χ3n) is 1.41. The van der Waals surface area contributed by atoms with Gasteiger partial charge in [0.25, 0.3) is 0 Å². The van der Waals surface area contributed by atoms with Gasteiger partial charge in [-0.1, -0.05) is 0 Å². The predicted octanol–water partition coefficient (Wildman–Crippen LogP) is -0.622. The summed E-state index contributed by atoms with van der Waals surface area (Å²) in [6.07, 6.45) is 0. The van der Waals surface area contributed by atoms with E-state index in [-0.39, 0.29) is 6.61 Å². The van der Waals surface area contributed by atoms with Gasteiger partial charge in [-0.3, -0.25) is 0 Å². The topological polar surface area (TPSA) is 82.1 Å². The quantitative estimate of drug-likeness (QED) is 0.514. The number of sulfone groups is 1. The van der Waals surface area contributed by atoms with Gasteiger partial charge in [-0.15, -0.1) is 0 Å². The van der Waals surface area contributed by atoms with Crippen molar-refractivity contribution in [2.24, 2.45) is 0 Å². The molecule has 0 bridgehead atoms. The first-order valence-electron chi connectivity index (χ1n) is 4.67. The minimum absolute atomic E-state index is 0.186. The number of hydrogen-bond donors (Lipinski definition) is 1. The Balaban J connectivity index is 3.19. The molecule has 0 aromatic heterocycles. The molecule has 15 heavy (non-hydrogen) atoms. The Kier molecular flexibility index (Phi) is 8.92. The number of hydrogen-bond acceptors (Lipinski definition) is 6. The molecule has 0 aliphatic carbocycles. The highest BCUT2D eigenvalue weighted by atomic mass is 32.2. The lowest BCUT2D eigenvalue weighted by atomic mass is 10.7. The van der Waals surface area contributed by atoms with Gasteiger partial charge < -0.3 is 19.3 Å². The summed E-state index contributed by atoms with van der Waals surface area (Å²) < 4.78 is 36.4. The highest BCUT2D eigenvalue weighted by Crippen LogP contribution is 1.89. The summed E-state index contributed by atoms with van der Waals surface area (Å²) in [5.41, 5.74) is 0. The first-order chi connectivity index (χ1) is 7.12. The van der Waals surface area contributed by atoms with Crippen molar-refractivity contribution in [1.82, 2.24) is 0 Å². The average Bonchev–Trinajstić information content (AvgIpc) is 2.22. The monoisotopic (exact) mass is 242 g/mol. The van der Waals surface area contributed by atoms with E-state index >= 15 is 0 Å². The molecule has 0 heterocycles. The van der Waals surface area contributed by atoms with Gasteiger partial charge in [0.2, 0.25) is 0 Å². The molecule has 1 N–H and O–H groups in total. The number of aliphatic hydroxyl groups is 1. The van der Waals surface area contributed by atoms with E-state index in [0.717, 1.165) is 0 Å². The highest BCUT2D eigenvalue weighted by Gasteiger charge is 2.07. The lowest BCUT2D eigenvalue weighted by molar-refractivity contribution is 0.0247. The zero-order valence-corrected chi connectivity index (χ0v) is 9.66. The Morgan fingerprint density at radius 1 is 1.00 bits per heavy atom. The van der Waals surface area contributed by atoms with Gasteiger partial charge in [0.1, 0.15) is 5.94 Å². The van der Waals surface area contributed by atoms with Crippen LogP contribution < -0.4 is 0 Å². The normalized spacial score (nSPS) is 11.9. The zero-order chi connectivity index (χ0) is 11.6. The van der Waals surface area contributed by atoms with Crippen LogP contribution in [0.15, 0.2) is 0 Å².